The quantitative estimate of drug-likeness (QED) is 0.338. The summed E-state index contributed by atoms with van der Waals surface area (Å²) in [6.45, 7) is 2.64. The second-order valence-electron chi connectivity index (χ2n) is 5.97. The summed E-state index contributed by atoms with van der Waals surface area (Å²) in [7, 11) is 0. The molecule has 1 N–H and O–H groups in total. The van der Waals surface area contributed by atoms with E-state index in [2.05, 4.69) is 24.4 Å². The normalized spacial score (nSPS) is 17.9. The summed E-state index contributed by atoms with van der Waals surface area (Å²) in [5.41, 5.74) is 0. The fraction of sp³-hybridized carbons (Fsp3) is 0.778. The summed E-state index contributed by atoms with van der Waals surface area (Å²) in [6, 6.07) is -0.408. The Morgan fingerprint density at radius 3 is 2.45 bits per heavy atom. The molecule has 0 spiro atoms. The summed E-state index contributed by atoms with van der Waals surface area (Å²) in [5.74, 6) is -0.321. The van der Waals surface area contributed by atoms with Crippen LogP contribution in [0.3, 0.4) is 0 Å². The molecule has 1 saturated heterocycles. The van der Waals surface area contributed by atoms with Gasteiger partial charge in [0.1, 0.15) is 6.04 Å². The number of allylic oxidation sites excluding steroid dienone is 2. The Morgan fingerprint density at radius 2 is 1.82 bits per heavy atom. The number of carbonyl (C=O) groups is 2. The molecule has 4 heteroatoms. The average Bonchev–Trinajstić information content (AvgIpc) is 2.95. The van der Waals surface area contributed by atoms with Gasteiger partial charge in [0.2, 0.25) is 5.91 Å². The third-order valence-electron chi connectivity index (χ3n) is 3.94. The number of amides is 1. The molecule has 0 aromatic heterocycles. The lowest BCUT2D eigenvalue weighted by atomic mass is 10.1. The number of ether oxygens (including phenoxy) is 1. The van der Waals surface area contributed by atoms with Crippen molar-refractivity contribution in [1.82, 2.24) is 5.32 Å². The van der Waals surface area contributed by atoms with Crippen molar-refractivity contribution in [3.63, 3.8) is 0 Å². The van der Waals surface area contributed by atoms with Crippen molar-refractivity contribution in [2.45, 2.75) is 83.6 Å². The molecule has 1 fully saturated rings. The third-order valence-corrected chi connectivity index (χ3v) is 3.94. The van der Waals surface area contributed by atoms with Crippen molar-refractivity contribution in [2.75, 3.05) is 6.61 Å². The van der Waals surface area contributed by atoms with Crippen molar-refractivity contribution in [3.8, 4) is 0 Å². The fourth-order valence-electron chi connectivity index (χ4n) is 2.60. The molecule has 1 amide bonds. The zero-order valence-corrected chi connectivity index (χ0v) is 13.9. The number of nitrogens with one attached hydrogen (secondary N) is 1. The minimum atomic E-state index is -0.408. The number of rotatable bonds is 12. The minimum absolute atomic E-state index is 0.0489. The summed E-state index contributed by atoms with van der Waals surface area (Å²) in [6.07, 6.45) is 16.3. The second kappa shape index (κ2) is 12.2. The van der Waals surface area contributed by atoms with E-state index in [4.69, 9.17) is 4.74 Å². The summed E-state index contributed by atoms with van der Waals surface area (Å²) in [4.78, 5) is 22.6. The molecular weight excluding hydrogens is 278 g/mol. The van der Waals surface area contributed by atoms with Crippen molar-refractivity contribution < 1.29 is 14.3 Å². The molecule has 0 radical (unpaired) electrons. The van der Waals surface area contributed by atoms with Crippen molar-refractivity contribution in [2.24, 2.45) is 0 Å². The highest BCUT2D eigenvalue weighted by molar-refractivity contribution is 5.87. The Morgan fingerprint density at radius 1 is 1.14 bits per heavy atom. The van der Waals surface area contributed by atoms with Crippen molar-refractivity contribution in [1.29, 1.82) is 0 Å². The smallest absolute Gasteiger partial charge is 0.328 e. The van der Waals surface area contributed by atoms with Gasteiger partial charge in [0.15, 0.2) is 0 Å². The predicted molar refractivity (Wildman–Crippen MR) is 88.5 cm³/mol. The molecular formula is C18H31NO3. The van der Waals surface area contributed by atoms with Gasteiger partial charge in [-0.15, -0.1) is 0 Å². The molecule has 22 heavy (non-hydrogen) atoms. The van der Waals surface area contributed by atoms with Gasteiger partial charge in [-0.05, 0) is 32.1 Å². The van der Waals surface area contributed by atoms with Crippen LogP contribution in [0.1, 0.15) is 77.6 Å². The van der Waals surface area contributed by atoms with Crippen molar-refractivity contribution in [3.05, 3.63) is 12.2 Å². The molecule has 126 valence electrons. The van der Waals surface area contributed by atoms with Gasteiger partial charge in [-0.2, -0.15) is 0 Å². The van der Waals surface area contributed by atoms with Gasteiger partial charge in [0.25, 0.3) is 0 Å². The highest BCUT2D eigenvalue weighted by Crippen LogP contribution is 2.11. The fourth-order valence-corrected chi connectivity index (χ4v) is 2.60. The maximum atomic E-state index is 11.6. The molecule has 1 atom stereocenters. The van der Waals surface area contributed by atoms with E-state index in [1.165, 1.54) is 38.5 Å². The standard InChI is InChI=1S/C18H31NO3/c1-2-3-4-5-6-7-8-9-10-11-12-15-22-18(21)16-13-14-17(20)19-16/h3-4,16H,2,5-15H2,1H3,(H,19,20)/b4-3+/t16-/m0/s1. The lowest BCUT2D eigenvalue weighted by molar-refractivity contribution is -0.146. The zero-order chi connectivity index (χ0) is 16.0. The monoisotopic (exact) mass is 309 g/mol. The van der Waals surface area contributed by atoms with Crippen molar-refractivity contribution >= 4 is 11.9 Å². The highest BCUT2D eigenvalue weighted by Gasteiger charge is 2.28. The van der Waals surface area contributed by atoms with Gasteiger partial charge in [-0.1, -0.05) is 51.2 Å². The third kappa shape index (κ3) is 8.85. The molecule has 1 heterocycles. The summed E-state index contributed by atoms with van der Waals surface area (Å²) >= 11 is 0. The number of unbranched alkanes of at least 4 members (excludes halogenated alkanes) is 7. The maximum absolute atomic E-state index is 11.6. The lowest BCUT2D eigenvalue weighted by Crippen LogP contribution is -2.34. The van der Waals surface area contributed by atoms with Crippen LogP contribution in [0.5, 0.6) is 0 Å². The van der Waals surface area contributed by atoms with E-state index < -0.39 is 6.04 Å². The number of hydrogen-bond acceptors (Lipinski definition) is 3. The Hall–Kier alpha value is -1.32. The van der Waals surface area contributed by atoms with E-state index in [9.17, 15) is 9.59 Å². The number of esters is 1. The van der Waals surface area contributed by atoms with Gasteiger partial charge in [-0.25, -0.2) is 4.79 Å². The zero-order valence-electron chi connectivity index (χ0n) is 13.9. The Kier molecular flexibility index (Phi) is 10.4. The van der Waals surface area contributed by atoms with Gasteiger partial charge in [0, 0.05) is 6.42 Å². The molecule has 1 aliphatic heterocycles. The van der Waals surface area contributed by atoms with Gasteiger partial charge < -0.3 is 10.1 Å². The average molecular weight is 309 g/mol. The first kappa shape index (κ1) is 18.7. The Bertz CT molecular complexity index is 352. The Labute approximate surface area is 134 Å². The lowest BCUT2D eigenvalue weighted by Gasteiger charge is -2.09. The first-order valence-electron chi connectivity index (χ1n) is 8.85. The van der Waals surface area contributed by atoms with Crippen LogP contribution < -0.4 is 5.32 Å². The first-order valence-corrected chi connectivity index (χ1v) is 8.85. The van der Waals surface area contributed by atoms with Crippen LogP contribution >= 0.6 is 0 Å². The highest BCUT2D eigenvalue weighted by atomic mass is 16.5. The van der Waals surface area contributed by atoms with E-state index in [0.717, 1.165) is 19.3 Å². The van der Waals surface area contributed by atoms with E-state index in [1.807, 2.05) is 0 Å². The van der Waals surface area contributed by atoms with Crippen LogP contribution in [0.4, 0.5) is 0 Å². The van der Waals surface area contributed by atoms with Crippen LogP contribution in [0, 0.1) is 0 Å². The minimum Gasteiger partial charge on any atom is -0.464 e. The second-order valence-corrected chi connectivity index (χ2v) is 5.97. The molecule has 4 nitrogen and oxygen atoms in total. The van der Waals surface area contributed by atoms with Gasteiger partial charge >= 0.3 is 5.97 Å². The van der Waals surface area contributed by atoms with E-state index >= 15 is 0 Å². The molecule has 1 aliphatic rings. The SMILES string of the molecule is CC/C=C/CCCCCCCCCOC(=O)[C@@H]1CCC(=O)N1. The topological polar surface area (TPSA) is 55.4 Å². The van der Waals surface area contributed by atoms with E-state index in [1.54, 1.807) is 0 Å². The van der Waals surface area contributed by atoms with E-state index in [-0.39, 0.29) is 11.9 Å². The van der Waals surface area contributed by atoms with E-state index in [0.29, 0.717) is 19.4 Å². The molecule has 0 bridgehead atoms. The van der Waals surface area contributed by atoms with Crippen LogP contribution in [0.2, 0.25) is 0 Å². The van der Waals surface area contributed by atoms with Gasteiger partial charge in [0.05, 0.1) is 6.61 Å². The number of carbonyl (C=O) groups excluding carboxylic acids is 2. The Balaban J connectivity index is 1.82. The van der Waals surface area contributed by atoms with Crippen LogP contribution in [0.15, 0.2) is 12.2 Å². The maximum Gasteiger partial charge on any atom is 0.328 e. The molecule has 1 rings (SSSR count). The van der Waals surface area contributed by atoms with Crippen LogP contribution in [0.25, 0.3) is 0 Å². The first-order chi connectivity index (χ1) is 10.7. The largest absolute Gasteiger partial charge is 0.464 e. The molecule has 0 aliphatic carbocycles. The number of hydrogen-bond donors (Lipinski definition) is 1. The molecule has 0 aromatic carbocycles. The summed E-state index contributed by atoms with van der Waals surface area (Å²) < 4.78 is 5.20. The summed E-state index contributed by atoms with van der Waals surface area (Å²) in [5, 5.41) is 2.63. The van der Waals surface area contributed by atoms with Crippen LogP contribution in [-0.4, -0.2) is 24.5 Å². The molecule has 0 aromatic rings. The molecule has 0 saturated carbocycles. The van der Waals surface area contributed by atoms with Crippen LogP contribution in [-0.2, 0) is 14.3 Å². The molecule has 0 unspecified atom stereocenters. The predicted octanol–water partition coefficient (Wildman–Crippen LogP) is 3.90. The van der Waals surface area contributed by atoms with Gasteiger partial charge in [-0.3, -0.25) is 4.79 Å².